The number of pyridine rings is 1. The second-order valence-electron chi connectivity index (χ2n) is 8.11. The molecule has 0 atom stereocenters. The molecule has 0 radical (unpaired) electrons. The van der Waals surface area contributed by atoms with Crippen molar-refractivity contribution in [3.05, 3.63) is 56.5 Å². The molecule has 0 spiro atoms. The minimum Gasteiger partial charge on any atom is -0.345 e. The minimum atomic E-state index is -0.352. The lowest BCUT2D eigenvalue weighted by atomic mass is 9.95. The van der Waals surface area contributed by atoms with Crippen molar-refractivity contribution in [3.8, 4) is 0 Å². The van der Waals surface area contributed by atoms with Crippen LogP contribution < -0.4 is 16.2 Å². The second-order valence-corrected chi connectivity index (χ2v) is 8.11. The lowest BCUT2D eigenvalue weighted by molar-refractivity contribution is 0.0946. The van der Waals surface area contributed by atoms with Crippen molar-refractivity contribution in [1.82, 2.24) is 25.2 Å². The van der Waals surface area contributed by atoms with Gasteiger partial charge in [0.05, 0.1) is 6.54 Å². The number of aryl methyl sites for hydroxylation is 3. The molecule has 0 bridgehead atoms. The van der Waals surface area contributed by atoms with E-state index in [4.69, 9.17) is 0 Å². The molecule has 2 aromatic rings. The maximum atomic E-state index is 13.0. The highest BCUT2D eigenvalue weighted by Gasteiger charge is 2.22. The molecule has 0 aromatic carbocycles. The van der Waals surface area contributed by atoms with Gasteiger partial charge in [0.2, 0.25) is 0 Å². The first-order valence-corrected chi connectivity index (χ1v) is 10.6. The van der Waals surface area contributed by atoms with Crippen LogP contribution in [0.2, 0.25) is 0 Å². The number of nitrogens with one attached hydrogen (secondary N) is 2. The molecule has 0 saturated carbocycles. The maximum absolute atomic E-state index is 13.0. The van der Waals surface area contributed by atoms with Crippen LogP contribution in [-0.2, 0) is 19.4 Å². The first-order chi connectivity index (χ1) is 14.0. The molecule has 4 rings (SSSR count). The molecule has 31 heavy (non-hydrogen) atoms. The SMILES string of the molecule is Cc1ccn(C2CCNCC2)c(=O)c1C(=O)NCc1nc(C)c2c(n1)CCCC2.Cl.Cl. The van der Waals surface area contributed by atoms with Crippen molar-refractivity contribution in [3.63, 3.8) is 0 Å². The van der Waals surface area contributed by atoms with E-state index in [1.807, 2.05) is 26.1 Å². The number of piperidine rings is 1. The third-order valence-electron chi connectivity index (χ3n) is 6.10. The zero-order chi connectivity index (χ0) is 20.4. The smallest absolute Gasteiger partial charge is 0.263 e. The molecule has 170 valence electrons. The van der Waals surface area contributed by atoms with Crippen molar-refractivity contribution in [2.75, 3.05) is 13.1 Å². The molecule has 1 fully saturated rings. The van der Waals surface area contributed by atoms with Gasteiger partial charge in [0.1, 0.15) is 11.4 Å². The van der Waals surface area contributed by atoms with Crippen molar-refractivity contribution < 1.29 is 4.79 Å². The molecule has 2 N–H and O–H groups in total. The van der Waals surface area contributed by atoms with Crippen LogP contribution in [0, 0.1) is 13.8 Å². The molecule has 1 saturated heterocycles. The largest absolute Gasteiger partial charge is 0.345 e. The Kier molecular flexibility index (Phi) is 9.03. The fraction of sp³-hybridized carbons (Fsp3) is 0.545. The monoisotopic (exact) mass is 467 g/mol. The summed E-state index contributed by atoms with van der Waals surface area (Å²) in [6.45, 7) is 5.83. The fourth-order valence-electron chi connectivity index (χ4n) is 4.46. The van der Waals surface area contributed by atoms with E-state index in [9.17, 15) is 9.59 Å². The molecule has 0 unspecified atom stereocenters. The quantitative estimate of drug-likeness (QED) is 0.721. The molecule has 1 aliphatic carbocycles. The van der Waals surface area contributed by atoms with Crippen LogP contribution >= 0.6 is 24.8 Å². The third kappa shape index (κ3) is 5.45. The summed E-state index contributed by atoms with van der Waals surface area (Å²) in [5, 5.41) is 6.18. The first-order valence-electron chi connectivity index (χ1n) is 10.6. The molecule has 9 heteroatoms. The summed E-state index contributed by atoms with van der Waals surface area (Å²) in [6.07, 6.45) is 7.95. The van der Waals surface area contributed by atoms with E-state index in [2.05, 4.69) is 20.6 Å². The zero-order valence-corrected chi connectivity index (χ0v) is 19.7. The van der Waals surface area contributed by atoms with Crippen LogP contribution in [0.25, 0.3) is 0 Å². The van der Waals surface area contributed by atoms with Crippen LogP contribution in [0.4, 0.5) is 0 Å². The van der Waals surface area contributed by atoms with Crippen LogP contribution in [0.1, 0.15) is 70.4 Å². The molecule has 1 amide bonds. The second kappa shape index (κ2) is 11.1. The van der Waals surface area contributed by atoms with Crippen molar-refractivity contribution in [1.29, 1.82) is 0 Å². The lowest BCUT2D eigenvalue weighted by Crippen LogP contribution is -2.38. The van der Waals surface area contributed by atoms with Gasteiger partial charge in [0, 0.05) is 23.6 Å². The predicted molar refractivity (Wildman–Crippen MR) is 126 cm³/mol. The molecule has 2 aromatic heterocycles. The number of aromatic nitrogens is 3. The Morgan fingerprint density at radius 2 is 1.87 bits per heavy atom. The summed E-state index contributed by atoms with van der Waals surface area (Å²) in [7, 11) is 0. The predicted octanol–water partition coefficient (Wildman–Crippen LogP) is 2.83. The highest BCUT2D eigenvalue weighted by Crippen LogP contribution is 2.21. The van der Waals surface area contributed by atoms with E-state index in [-0.39, 0.29) is 54.4 Å². The van der Waals surface area contributed by atoms with Crippen molar-refractivity contribution >= 4 is 30.7 Å². The van der Waals surface area contributed by atoms with E-state index in [1.54, 1.807) is 4.57 Å². The summed E-state index contributed by atoms with van der Waals surface area (Å²) in [6, 6.07) is 2.00. The Bertz CT molecular complexity index is 987. The van der Waals surface area contributed by atoms with Crippen molar-refractivity contribution in [2.45, 2.75) is 65.0 Å². The Morgan fingerprint density at radius 1 is 1.16 bits per heavy atom. The third-order valence-corrected chi connectivity index (χ3v) is 6.10. The average molecular weight is 468 g/mol. The molecule has 2 aliphatic rings. The highest BCUT2D eigenvalue weighted by molar-refractivity contribution is 5.95. The molecule has 3 heterocycles. The number of fused-ring (bicyclic) bond motifs is 1. The number of hydrogen-bond donors (Lipinski definition) is 2. The highest BCUT2D eigenvalue weighted by atomic mass is 35.5. The minimum absolute atomic E-state index is 0. The van der Waals surface area contributed by atoms with Gasteiger partial charge < -0.3 is 15.2 Å². The summed E-state index contributed by atoms with van der Waals surface area (Å²) < 4.78 is 1.72. The van der Waals surface area contributed by atoms with E-state index < -0.39 is 0 Å². The van der Waals surface area contributed by atoms with Gasteiger partial charge >= 0.3 is 0 Å². The number of carbonyl (C=O) groups is 1. The summed E-state index contributed by atoms with van der Waals surface area (Å²) in [5.41, 5.74) is 4.08. The van der Waals surface area contributed by atoms with Gasteiger partial charge in [0.25, 0.3) is 11.5 Å². The standard InChI is InChI=1S/C22H29N5O2.2ClH/c1-14-9-12-27(16-7-10-23-11-8-16)22(29)20(14)21(28)24-13-19-25-15(2)17-5-3-4-6-18(17)26-19;;/h9,12,16,23H,3-8,10-11,13H2,1-2H3,(H,24,28);2*1H. The molecule has 1 aliphatic heterocycles. The number of nitrogens with zero attached hydrogens (tertiary/aromatic N) is 3. The average Bonchev–Trinajstić information content (AvgIpc) is 2.73. The molecular weight excluding hydrogens is 437 g/mol. The Hall–Kier alpha value is -1.96. The Balaban J connectivity index is 0.00000171. The fourth-order valence-corrected chi connectivity index (χ4v) is 4.46. The van der Waals surface area contributed by atoms with Crippen LogP contribution in [0.3, 0.4) is 0 Å². The normalized spacial score (nSPS) is 15.9. The van der Waals surface area contributed by atoms with Crippen LogP contribution in [0.5, 0.6) is 0 Å². The molecule has 7 nitrogen and oxygen atoms in total. The lowest BCUT2D eigenvalue weighted by Gasteiger charge is -2.25. The van der Waals surface area contributed by atoms with Gasteiger partial charge in [-0.3, -0.25) is 9.59 Å². The van der Waals surface area contributed by atoms with E-state index in [1.165, 1.54) is 12.0 Å². The van der Waals surface area contributed by atoms with E-state index >= 15 is 0 Å². The number of rotatable bonds is 4. The van der Waals surface area contributed by atoms with E-state index in [0.717, 1.165) is 56.6 Å². The summed E-state index contributed by atoms with van der Waals surface area (Å²) >= 11 is 0. The van der Waals surface area contributed by atoms with Gasteiger partial charge in [0.15, 0.2) is 0 Å². The summed E-state index contributed by atoms with van der Waals surface area (Å²) in [5.74, 6) is 0.263. The van der Waals surface area contributed by atoms with E-state index in [0.29, 0.717) is 11.4 Å². The number of carbonyl (C=O) groups excluding carboxylic acids is 1. The van der Waals surface area contributed by atoms with Gasteiger partial charge in [-0.05, 0) is 82.7 Å². The topological polar surface area (TPSA) is 88.9 Å². The number of halogens is 2. The van der Waals surface area contributed by atoms with Gasteiger partial charge in [-0.25, -0.2) is 9.97 Å². The van der Waals surface area contributed by atoms with Crippen LogP contribution in [-0.4, -0.2) is 33.5 Å². The summed E-state index contributed by atoms with van der Waals surface area (Å²) in [4.78, 5) is 35.1. The van der Waals surface area contributed by atoms with Gasteiger partial charge in [-0.1, -0.05) is 0 Å². The molecular formula is C22H31Cl2N5O2. The van der Waals surface area contributed by atoms with Crippen LogP contribution in [0.15, 0.2) is 17.1 Å². The Morgan fingerprint density at radius 3 is 2.61 bits per heavy atom. The zero-order valence-electron chi connectivity index (χ0n) is 18.1. The first kappa shape index (κ1) is 25.3. The van der Waals surface area contributed by atoms with Crippen molar-refractivity contribution in [2.24, 2.45) is 0 Å². The number of hydrogen-bond acceptors (Lipinski definition) is 5. The van der Waals surface area contributed by atoms with Gasteiger partial charge in [-0.15, -0.1) is 24.8 Å². The van der Waals surface area contributed by atoms with Gasteiger partial charge in [-0.2, -0.15) is 0 Å². The number of amides is 1. The Labute approximate surface area is 195 Å². The maximum Gasteiger partial charge on any atom is 0.263 e.